The number of amides is 3. The van der Waals surface area contributed by atoms with Crippen LogP contribution < -0.4 is 10.6 Å². The van der Waals surface area contributed by atoms with E-state index in [1.54, 1.807) is 6.07 Å². The van der Waals surface area contributed by atoms with Gasteiger partial charge in [-0.1, -0.05) is 13.8 Å². The molecule has 25 heavy (non-hydrogen) atoms. The maximum absolute atomic E-state index is 11.8. The second-order valence-electron chi connectivity index (χ2n) is 5.93. The number of carbonyl (C=O) groups excluding carboxylic acids is 3. The van der Waals surface area contributed by atoms with Crippen molar-refractivity contribution < 1.29 is 28.6 Å². The summed E-state index contributed by atoms with van der Waals surface area (Å²) < 4.78 is 10.1. The van der Waals surface area contributed by atoms with Crippen molar-refractivity contribution >= 4 is 28.9 Å². The molecule has 0 aliphatic carbocycles. The van der Waals surface area contributed by atoms with Gasteiger partial charge in [0.25, 0.3) is 5.91 Å². The minimum absolute atomic E-state index is 0.0587. The highest BCUT2D eigenvalue weighted by Gasteiger charge is 2.14. The van der Waals surface area contributed by atoms with Gasteiger partial charge < -0.3 is 19.6 Å². The predicted octanol–water partition coefficient (Wildman–Crippen LogP) is 1.71. The van der Waals surface area contributed by atoms with Crippen molar-refractivity contribution in [1.82, 2.24) is 10.6 Å². The summed E-state index contributed by atoms with van der Waals surface area (Å²) in [5.74, 6) is -1.03. The Kier molecular flexibility index (Phi) is 5.99. The number of benzene rings is 1. The molecule has 1 aromatic heterocycles. The molecule has 3 amide bonds. The topological polar surface area (TPSA) is 118 Å². The average molecular weight is 348 g/mol. The smallest absolute Gasteiger partial charge is 0.321 e. The Balaban J connectivity index is 1.80. The highest BCUT2D eigenvalue weighted by atomic mass is 16.5. The van der Waals surface area contributed by atoms with E-state index in [0.29, 0.717) is 23.1 Å². The molecular formula is C17H20N2O6. The van der Waals surface area contributed by atoms with Gasteiger partial charge in [-0.05, 0) is 18.1 Å². The zero-order chi connectivity index (χ0) is 18.4. The van der Waals surface area contributed by atoms with Crippen molar-refractivity contribution in [2.24, 2.45) is 5.92 Å². The molecule has 0 unspecified atom stereocenters. The molecule has 8 heteroatoms. The first kappa shape index (κ1) is 18.3. The number of esters is 1. The van der Waals surface area contributed by atoms with E-state index in [0.717, 1.165) is 0 Å². The molecule has 0 saturated heterocycles. The summed E-state index contributed by atoms with van der Waals surface area (Å²) in [6, 6.07) is 3.92. The number of aromatic hydroxyl groups is 1. The second-order valence-corrected chi connectivity index (χ2v) is 5.93. The van der Waals surface area contributed by atoms with Crippen LogP contribution in [0, 0.1) is 5.92 Å². The fourth-order valence-electron chi connectivity index (χ4n) is 2.07. The Morgan fingerprint density at radius 3 is 2.76 bits per heavy atom. The summed E-state index contributed by atoms with van der Waals surface area (Å²) in [5.41, 5.74) is 1.03. The Morgan fingerprint density at radius 2 is 2.04 bits per heavy atom. The van der Waals surface area contributed by atoms with Gasteiger partial charge in [-0.15, -0.1) is 0 Å². The zero-order valence-corrected chi connectivity index (χ0v) is 14.0. The van der Waals surface area contributed by atoms with Crippen molar-refractivity contribution in [3.8, 4) is 5.75 Å². The molecule has 0 bridgehead atoms. The SMILES string of the molecule is CC(C)CNC(=O)NC(=O)COC(=O)Cc1coc2cc(O)ccc12. The van der Waals surface area contributed by atoms with Crippen LogP contribution in [0.3, 0.4) is 0 Å². The van der Waals surface area contributed by atoms with Crippen LogP contribution in [0.1, 0.15) is 19.4 Å². The number of urea groups is 1. The number of nitrogens with one attached hydrogen (secondary N) is 2. The van der Waals surface area contributed by atoms with Gasteiger partial charge in [-0.2, -0.15) is 0 Å². The lowest BCUT2D eigenvalue weighted by Crippen LogP contribution is -2.42. The van der Waals surface area contributed by atoms with Crippen LogP contribution in [-0.4, -0.2) is 36.2 Å². The molecule has 8 nitrogen and oxygen atoms in total. The van der Waals surface area contributed by atoms with Gasteiger partial charge >= 0.3 is 12.0 Å². The third kappa shape index (κ3) is 5.52. The highest BCUT2D eigenvalue weighted by molar-refractivity contribution is 5.95. The first-order valence-corrected chi connectivity index (χ1v) is 7.77. The standard InChI is InChI=1S/C17H20N2O6/c1-10(2)7-18-17(23)19-15(21)9-25-16(22)5-11-8-24-14-6-12(20)3-4-13(11)14/h3-4,6,8,10,20H,5,7,9H2,1-2H3,(H2,18,19,21,23). The molecule has 2 rings (SSSR count). The van der Waals surface area contributed by atoms with Gasteiger partial charge in [-0.3, -0.25) is 14.9 Å². The van der Waals surface area contributed by atoms with Gasteiger partial charge in [-0.25, -0.2) is 4.79 Å². The summed E-state index contributed by atoms with van der Waals surface area (Å²) >= 11 is 0. The summed E-state index contributed by atoms with van der Waals surface area (Å²) in [5, 5.41) is 14.6. The van der Waals surface area contributed by atoms with Gasteiger partial charge in [0.05, 0.1) is 12.7 Å². The van der Waals surface area contributed by atoms with Crippen LogP contribution in [0.4, 0.5) is 4.79 Å². The van der Waals surface area contributed by atoms with E-state index in [9.17, 15) is 19.5 Å². The molecule has 0 aliphatic rings. The number of fused-ring (bicyclic) bond motifs is 1. The van der Waals surface area contributed by atoms with Gasteiger partial charge in [0, 0.05) is 23.6 Å². The molecule has 2 aromatic rings. The first-order chi connectivity index (χ1) is 11.8. The Hall–Kier alpha value is -3.03. The molecule has 0 radical (unpaired) electrons. The summed E-state index contributed by atoms with van der Waals surface area (Å²) in [4.78, 5) is 34.8. The van der Waals surface area contributed by atoms with E-state index in [4.69, 9.17) is 9.15 Å². The van der Waals surface area contributed by atoms with Crippen LogP contribution in [0.15, 0.2) is 28.9 Å². The predicted molar refractivity (Wildman–Crippen MR) is 88.9 cm³/mol. The van der Waals surface area contributed by atoms with E-state index >= 15 is 0 Å². The fourth-order valence-corrected chi connectivity index (χ4v) is 2.07. The molecular weight excluding hydrogens is 328 g/mol. The lowest BCUT2D eigenvalue weighted by molar-refractivity contribution is -0.147. The van der Waals surface area contributed by atoms with Gasteiger partial charge in [0.1, 0.15) is 11.3 Å². The van der Waals surface area contributed by atoms with Crippen LogP contribution in [0.5, 0.6) is 5.75 Å². The summed E-state index contributed by atoms with van der Waals surface area (Å²) in [6.45, 7) is 3.72. The third-order valence-corrected chi connectivity index (χ3v) is 3.26. The fraction of sp³-hybridized carbons (Fsp3) is 0.353. The quantitative estimate of drug-likeness (QED) is 0.684. The molecule has 0 saturated carbocycles. The number of furan rings is 1. The Morgan fingerprint density at radius 1 is 1.28 bits per heavy atom. The van der Waals surface area contributed by atoms with Crippen LogP contribution in [-0.2, 0) is 20.7 Å². The second kappa shape index (κ2) is 8.18. The minimum Gasteiger partial charge on any atom is -0.508 e. The maximum Gasteiger partial charge on any atom is 0.321 e. The van der Waals surface area contributed by atoms with Crippen LogP contribution in [0.25, 0.3) is 11.0 Å². The normalized spacial score (nSPS) is 10.7. The molecule has 0 spiro atoms. The number of ether oxygens (including phenoxy) is 1. The number of hydrogen-bond acceptors (Lipinski definition) is 6. The first-order valence-electron chi connectivity index (χ1n) is 7.77. The number of hydrogen-bond donors (Lipinski definition) is 3. The Bertz CT molecular complexity index is 781. The van der Waals surface area contributed by atoms with E-state index < -0.39 is 24.5 Å². The molecule has 0 fully saturated rings. The maximum atomic E-state index is 11.8. The summed E-state index contributed by atoms with van der Waals surface area (Å²) in [7, 11) is 0. The summed E-state index contributed by atoms with van der Waals surface area (Å²) in [6.07, 6.45) is 1.30. The highest BCUT2D eigenvalue weighted by Crippen LogP contribution is 2.25. The van der Waals surface area contributed by atoms with Crippen molar-refractivity contribution in [3.63, 3.8) is 0 Å². The zero-order valence-electron chi connectivity index (χ0n) is 14.0. The van der Waals surface area contributed by atoms with E-state index in [1.165, 1.54) is 18.4 Å². The third-order valence-electron chi connectivity index (χ3n) is 3.26. The lowest BCUT2D eigenvalue weighted by atomic mass is 10.1. The van der Waals surface area contributed by atoms with E-state index in [2.05, 4.69) is 10.6 Å². The molecule has 3 N–H and O–H groups in total. The minimum atomic E-state index is -0.711. The van der Waals surface area contributed by atoms with Gasteiger partial charge in [0.15, 0.2) is 6.61 Å². The average Bonchev–Trinajstić information content (AvgIpc) is 2.93. The lowest BCUT2D eigenvalue weighted by Gasteiger charge is -2.08. The molecule has 1 heterocycles. The number of carbonyl (C=O) groups is 3. The molecule has 0 aliphatic heterocycles. The molecule has 134 valence electrons. The van der Waals surface area contributed by atoms with Crippen molar-refractivity contribution in [2.75, 3.05) is 13.2 Å². The molecule has 0 atom stereocenters. The monoisotopic (exact) mass is 348 g/mol. The number of phenols is 1. The van der Waals surface area contributed by atoms with E-state index in [-0.39, 0.29) is 18.1 Å². The Labute approximate surface area is 144 Å². The van der Waals surface area contributed by atoms with Gasteiger partial charge in [0.2, 0.25) is 0 Å². The number of phenolic OH excluding ortho intramolecular Hbond substituents is 1. The van der Waals surface area contributed by atoms with Crippen molar-refractivity contribution in [1.29, 1.82) is 0 Å². The largest absolute Gasteiger partial charge is 0.508 e. The van der Waals surface area contributed by atoms with E-state index in [1.807, 2.05) is 13.8 Å². The van der Waals surface area contributed by atoms with Crippen molar-refractivity contribution in [3.05, 3.63) is 30.0 Å². The van der Waals surface area contributed by atoms with Crippen LogP contribution >= 0.6 is 0 Å². The number of imide groups is 1. The molecule has 1 aromatic carbocycles. The van der Waals surface area contributed by atoms with Crippen LogP contribution in [0.2, 0.25) is 0 Å². The number of rotatable bonds is 6. The van der Waals surface area contributed by atoms with Crippen molar-refractivity contribution in [2.45, 2.75) is 20.3 Å².